The lowest BCUT2D eigenvalue weighted by molar-refractivity contribution is 0.825. The Hall–Kier alpha value is -3.26. The topological polar surface area (TPSA) is 0 Å². The molecule has 0 aliphatic carbocycles. The molecule has 3 aromatic carbocycles. The third kappa shape index (κ3) is 6.11. The second-order valence-electron chi connectivity index (χ2n) is 7.27. The highest BCUT2D eigenvalue weighted by Crippen LogP contribution is 2.21. The van der Waals surface area contributed by atoms with Crippen LogP contribution in [0.3, 0.4) is 0 Å². The molecule has 0 heteroatoms. The molecule has 144 valence electrons. The fraction of sp³-hybridized carbons (Fsp3) is 0.207. The van der Waals surface area contributed by atoms with Crippen LogP contribution in [0, 0.1) is 25.7 Å². The average molecular weight is 378 g/mol. The zero-order valence-corrected chi connectivity index (χ0v) is 17.5. The highest BCUT2D eigenvalue weighted by Gasteiger charge is 2.01. The maximum Gasteiger partial charge on any atom is 0.0327 e. The minimum absolute atomic E-state index is 0.293. The van der Waals surface area contributed by atoms with Crippen molar-refractivity contribution in [1.29, 1.82) is 0 Å². The van der Waals surface area contributed by atoms with Crippen LogP contribution in [-0.4, -0.2) is 0 Å². The van der Waals surface area contributed by atoms with E-state index in [2.05, 4.69) is 74.7 Å². The second-order valence-corrected chi connectivity index (χ2v) is 7.27. The average Bonchev–Trinajstić information content (AvgIpc) is 2.74. The summed E-state index contributed by atoms with van der Waals surface area (Å²) < 4.78 is 8.62. The molecule has 0 N–H and O–H groups in total. The standard InChI is InChI=1S/C29H28/c1-4-5-10-28(29-13-8-9-24(3)22-29)21-20-27-12-7-6-11-26(27)19-18-25-16-14-23(2)15-17-25/h6-9,11-17,20,22H,4-5,10H2,1-3H3/i10D. The molecular weight excluding hydrogens is 348 g/mol. The van der Waals surface area contributed by atoms with Gasteiger partial charge in [0.05, 0.1) is 0 Å². The number of aryl methyl sites for hydroxylation is 2. The lowest BCUT2D eigenvalue weighted by Gasteiger charge is -2.06. The van der Waals surface area contributed by atoms with Crippen LogP contribution in [0.1, 0.15) is 60.9 Å². The molecule has 0 nitrogen and oxygen atoms in total. The van der Waals surface area contributed by atoms with Crippen molar-refractivity contribution in [2.45, 2.75) is 40.0 Å². The Bertz CT molecular complexity index is 1120. The molecule has 0 radical (unpaired) electrons. The minimum Gasteiger partial charge on any atom is -0.116 e. The summed E-state index contributed by atoms with van der Waals surface area (Å²) in [6, 6.07) is 24.7. The Balaban J connectivity index is 2.02. The van der Waals surface area contributed by atoms with Crippen molar-refractivity contribution in [1.82, 2.24) is 0 Å². The molecule has 3 aromatic rings. The van der Waals surface area contributed by atoms with Crippen molar-refractivity contribution in [3.63, 3.8) is 0 Å². The summed E-state index contributed by atoms with van der Waals surface area (Å²) in [5.74, 6) is 6.56. The fourth-order valence-corrected chi connectivity index (χ4v) is 3.03. The van der Waals surface area contributed by atoms with E-state index in [1.54, 1.807) is 0 Å². The molecule has 0 aliphatic heterocycles. The van der Waals surface area contributed by atoms with Gasteiger partial charge in [-0.2, -0.15) is 0 Å². The van der Waals surface area contributed by atoms with E-state index in [0.717, 1.165) is 40.7 Å². The first kappa shape index (κ1) is 19.1. The molecule has 0 aromatic heterocycles. The van der Waals surface area contributed by atoms with Gasteiger partial charge in [0.25, 0.3) is 0 Å². The van der Waals surface area contributed by atoms with Gasteiger partial charge in [0.15, 0.2) is 0 Å². The first-order valence-corrected chi connectivity index (χ1v) is 10.2. The maximum atomic E-state index is 8.62. The Kier molecular flexibility index (Phi) is 6.79. The van der Waals surface area contributed by atoms with Gasteiger partial charge in [0, 0.05) is 18.1 Å². The molecule has 0 amide bonds. The molecule has 0 heterocycles. The van der Waals surface area contributed by atoms with Crippen LogP contribution in [0.4, 0.5) is 0 Å². The van der Waals surface area contributed by atoms with E-state index in [1.165, 1.54) is 11.1 Å². The molecule has 1 unspecified atom stereocenters. The van der Waals surface area contributed by atoms with Crippen molar-refractivity contribution in [2.24, 2.45) is 0 Å². The van der Waals surface area contributed by atoms with Gasteiger partial charge in [-0.05, 0) is 62.1 Å². The second kappa shape index (κ2) is 10.3. The van der Waals surface area contributed by atoms with Crippen LogP contribution in [0.25, 0.3) is 11.6 Å². The maximum absolute atomic E-state index is 8.62. The van der Waals surface area contributed by atoms with E-state index in [1.807, 2.05) is 42.5 Å². The smallest absolute Gasteiger partial charge is 0.0327 e. The van der Waals surface area contributed by atoms with Crippen molar-refractivity contribution >= 4 is 11.6 Å². The van der Waals surface area contributed by atoms with E-state index in [4.69, 9.17) is 1.37 Å². The number of rotatable bonds is 5. The lowest BCUT2D eigenvalue weighted by atomic mass is 9.98. The highest BCUT2D eigenvalue weighted by atomic mass is 14.1. The predicted octanol–water partition coefficient (Wildman–Crippen LogP) is 7.59. The molecule has 0 fully saturated rings. The Morgan fingerprint density at radius 1 is 0.897 bits per heavy atom. The SMILES string of the molecule is [2H]C(CCC)C(=C=Cc1ccccc1C#Cc1ccc(C)cc1)c1cccc(C)c1. The molecule has 0 saturated carbocycles. The minimum atomic E-state index is -0.293. The fourth-order valence-electron chi connectivity index (χ4n) is 3.03. The van der Waals surface area contributed by atoms with Gasteiger partial charge >= 0.3 is 0 Å². The number of benzene rings is 3. The summed E-state index contributed by atoms with van der Waals surface area (Å²) in [4.78, 5) is 0. The van der Waals surface area contributed by atoms with Crippen LogP contribution >= 0.6 is 0 Å². The van der Waals surface area contributed by atoms with Crippen LogP contribution in [0.2, 0.25) is 0 Å². The number of hydrogen-bond acceptors (Lipinski definition) is 0. The summed E-state index contributed by atoms with van der Waals surface area (Å²) in [5.41, 5.74) is 10.9. The largest absolute Gasteiger partial charge is 0.116 e. The van der Waals surface area contributed by atoms with Gasteiger partial charge in [0.1, 0.15) is 0 Å². The van der Waals surface area contributed by atoms with Crippen LogP contribution in [-0.2, 0) is 0 Å². The molecule has 0 aliphatic rings. The Labute approximate surface area is 177 Å². The van der Waals surface area contributed by atoms with Crippen molar-refractivity contribution in [3.8, 4) is 11.8 Å². The third-order valence-electron chi connectivity index (χ3n) is 4.70. The predicted molar refractivity (Wildman–Crippen MR) is 126 cm³/mol. The Morgan fingerprint density at radius 2 is 1.69 bits per heavy atom. The first-order chi connectivity index (χ1) is 14.6. The van der Waals surface area contributed by atoms with Gasteiger partial charge in [0.2, 0.25) is 0 Å². The van der Waals surface area contributed by atoms with Crippen LogP contribution in [0.5, 0.6) is 0 Å². The monoisotopic (exact) mass is 377 g/mol. The summed E-state index contributed by atoms with van der Waals surface area (Å²) in [5, 5.41) is 0. The summed E-state index contributed by atoms with van der Waals surface area (Å²) in [6.07, 6.45) is 3.48. The zero-order chi connectivity index (χ0) is 21.3. The van der Waals surface area contributed by atoms with E-state index in [-0.39, 0.29) is 6.40 Å². The van der Waals surface area contributed by atoms with Crippen molar-refractivity contribution < 1.29 is 1.37 Å². The molecule has 0 bridgehead atoms. The normalized spacial score (nSPS) is 11.5. The van der Waals surface area contributed by atoms with E-state index in [0.29, 0.717) is 0 Å². The molecule has 1 atom stereocenters. The highest BCUT2D eigenvalue weighted by molar-refractivity contribution is 5.71. The van der Waals surface area contributed by atoms with Crippen molar-refractivity contribution in [2.75, 3.05) is 0 Å². The summed E-state index contributed by atoms with van der Waals surface area (Å²) in [6.45, 7) is 6.28. The summed E-state index contributed by atoms with van der Waals surface area (Å²) >= 11 is 0. The zero-order valence-electron chi connectivity index (χ0n) is 18.5. The lowest BCUT2D eigenvalue weighted by Crippen LogP contribution is -1.86. The van der Waals surface area contributed by atoms with E-state index >= 15 is 0 Å². The van der Waals surface area contributed by atoms with E-state index in [9.17, 15) is 0 Å². The third-order valence-corrected chi connectivity index (χ3v) is 4.70. The summed E-state index contributed by atoms with van der Waals surface area (Å²) in [7, 11) is 0. The quantitative estimate of drug-likeness (QED) is 0.317. The van der Waals surface area contributed by atoms with Gasteiger partial charge in [-0.15, -0.1) is 5.73 Å². The molecule has 0 spiro atoms. The number of hydrogen-bond donors (Lipinski definition) is 0. The Morgan fingerprint density at radius 3 is 2.45 bits per heavy atom. The van der Waals surface area contributed by atoms with Gasteiger partial charge in [-0.1, -0.05) is 90.9 Å². The molecular formula is C29H28. The van der Waals surface area contributed by atoms with Crippen molar-refractivity contribution in [3.05, 3.63) is 112 Å². The van der Waals surface area contributed by atoms with Crippen LogP contribution in [0.15, 0.2) is 78.5 Å². The first-order valence-electron chi connectivity index (χ1n) is 10.8. The van der Waals surface area contributed by atoms with Gasteiger partial charge in [-0.3, -0.25) is 0 Å². The van der Waals surface area contributed by atoms with Gasteiger partial charge in [-0.25, -0.2) is 0 Å². The van der Waals surface area contributed by atoms with Crippen LogP contribution < -0.4 is 0 Å². The van der Waals surface area contributed by atoms with E-state index < -0.39 is 0 Å². The number of allylic oxidation sites excluding steroid dienone is 1. The molecule has 3 rings (SSSR count). The van der Waals surface area contributed by atoms with Gasteiger partial charge < -0.3 is 0 Å². The molecule has 29 heavy (non-hydrogen) atoms. The molecule has 0 saturated heterocycles.